The molecule has 92 valence electrons. The van der Waals surface area contributed by atoms with Crippen LogP contribution < -0.4 is 11.1 Å². The number of hydrogen-bond acceptors (Lipinski definition) is 2. The number of nitrogens with two attached hydrogens (primary N) is 1. The van der Waals surface area contributed by atoms with Crippen LogP contribution in [0.3, 0.4) is 0 Å². The normalized spacial score (nSPS) is 15.4. The molecular formula is C13H30N2. The Labute approximate surface area is 96.0 Å². The number of hydrogen-bond donors (Lipinski definition) is 2. The van der Waals surface area contributed by atoms with E-state index in [1.807, 2.05) is 0 Å². The first kappa shape index (κ1) is 14.9. The Morgan fingerprint density at radius 3 is 1.93 bits per heavy atom. The maximum atomic E-state index is 6.23. The molecule has 0 fully saturated rings. The summed E-state index contributed by atoms with van der Waals surface area (Å²) in [5.74, 6) is 0.676. The molecule has 0 aromatic carbocycles. The Morgan fingerprint density at radius 1 is 1.13 bits per heavy atom. The Balaban J connectivity index is 3.89. The van der Waals surface area contributed by atoms with Gasteiger partial charge in [0.05, 0.1) is 0 Å². The largest absolute Gasteiger partial charge is 0.324 e. The van der Waals surface area contributed by atoms with Gasteiger partial charge >= 0.3 is 0 Å². The minimum Gasteiger partial charge on any atom is -0.324 e. The van der Waals surface area contributed by atoms with Crippen LogP contribution in [0.25, 0.3) is 0 Å². The molecule has 3 N–H and O–H groups in total. The van der Waals surface area contributed by atoms with Crippen LogP contribution in [0.4, 0.5) is 0 Å². The van der Waals surface area contributed by atoms with Gasteiger partial charge in [-0.2, -0.15) is 0 Å². The molecule has 15 heavy (non-hydrogen) atoms. The molecule has 0 aromatic heterocycles. The van der Waals surface area contributed by atoms with Crippen molar-refractivity contribution in [3.63, 3.8) is 0 Å². The number of rotatable bonds is 6. The first-order valence-electron chi connectivity index (χ1n) is 6.24. The van der Waals surface area contributed by atoms with Gasteiger partial charge in [0.2, 0.25) is 0 Å². The van der Waals surface area contributed by atoms with Crippen LogP contribution >= 0.6 is 0 Å². The van der Waals surface area contributed by atoms with Gasteiger partial charge in [-0.3, -0.25) is 0 Å². The summed E-state index contributed by atoms with van der Waals surface area (Å²) < 4.78 is 0. The second-order valence-electron chi connectivity index (χ2n) is 5.97. The average Bonchev–Trinajstić information content (AvgIpc) is 2.16. The predicted molar refractivity (Wildman–Crippen MR) is 69.0 cm³/mol. The second kappa shape index (κ2) is 5.86. The molecule has 0 saturated heterocycles. The molecule has 0 aliphatic carbocycles. The Morgan fingerprint density at radius 2 is 1.60 bits per heavy atom. The summed E-state index contributed by atoms with van der Waals surface area (Å²) in [5, 5.41) is 3.51. The zero-order chi connectivity index (χ0) is 12.1. The van der Waals surface area contributed by atoms with Gasteiger partial charge in [0.1, 0.15) is 0 Å². The van der Waals surface area contributed by atoms with Gasteiger partial charge in [-0.15, -0.1) is 0 Å². The van der Waals surface area contributed by atoms with Crippen LogP contribution in [-0.2, 0) is 0 Å². The standard InChI is InChI=1S/C13H30N2/c1-7-13(14,8-2)10-15-9-11(3)12(4,5)6/h11,15H,7-10,14H2,1-6H3. The molecule has 0 radical (unpaired) electrons. The van der Waals surface area contributed by atoms with Crippen molar-refractivity contribution in [1.29, 1.82) is 0 Å². The van der Waals surface area contributed by atoms with Crippen molar-refractivity contribution >= 4 is 0 Å². The molecule has 0 aliphatic rings. The van der Waals surface area contributed by atoms with E-state index in [2.05, 4.69) is 46.9 Å². The summed E-state index contributed by atoms with van der Waals surface area (Å²) in [6.45, 7) is 15.5. The van der Waals surface area contributed by atoms with E-state index in [4.69, 9.17) is 5.73 Å². The fourth-order valence-electron chi connectivity index (χ4n) is 1.34. The van der Waals surface area contributed by atoms with Crippen molar-refractivity contribution in [1.82, 2.24) is 5.32 Å². The van der Waals surface area contributed by atoms with Crippen LogP contribution in [-0.4, -0.2) is 18.6 Å². The molecule has 0 aromatic rings. The van der Waals surface area contributed by atoms with Crippen LogP contribution in [0, 0.1) is 11.3 Å². The minimum absolute atomic E-state index is 0.0163. The van der Waals surface area contributed by atoms with Crippen molar-refractivity contribution in [2.75, 3.05) is 13.1 Å². The zero-order valence-electron chi connectivity index (χ0n) is 11.5. The molecule has 0 heterocycles. The van der Waals surface area contributed by atoms with E-state index in [0.717, 1.165) is 25.9 Å². The van der Waals surface area contributed by atoms with Crippen LogP contribution in [0.1, 0.15) is 54.4 Å². The van der Waals surface area contributed by atoms with Gasteiger partial charge in [-0.25, -0.2) is 0 Å². The second-order valence-corrected chi connectivity index (χ2v) is 5.97. The molecule has 0 spiro atoms. The van der Waals surface area contributed by atoms with Crippen molar-refractivity contribution in [3.8, 4) is 0 Å². The first-order valence-corrected chi connectivity index (χ1v) is 6.24. The van der Waals surface area contributed by atoms with E-state index in [0.29, 0.717) is 11.3 Å². The molecule has 0 bridgehead atoms. The summed E-state index contributed by atoms with van der Waals surface area (Å²) in [6.07, 6.45) is 2.08. The van der Waals surface area contributed by atoms with Crippen LogP contribution in [0.2, 0.25) is 0 Å². The molecule has 1 atom stereocenters. The van der Waals surface area contributed by atoms with Gasteiger partial charge in [0, 0.05) is 12.1 Å². The lowest BCUT2D eigenvalue weighted by Crippen LogP contribution is -2.49. The highest BCUT2D eigenvalue weighted by atomic mass is 14.9. The predicted octanol–water partition coefficient (Wildman–Crippen LogP) is 2.78. The van der Waals surface area contributed by atoms with E-state index in [1.54, 1.807) is 0 Å². The SMILES string of the molecule is CCC(N)(CC)CNCC(C)C(C)(C)C. The van der Waals surface area contributed by atoms with Crippen molar-refractivity contribution < 1.29 is 0 Å². The molecule has 0 amide bonds. The van der Waals surface area contributed by atoms with Gasteiger partial charge in [0.15, 0.2) is 0 Å². The van der Waals surface area contributed by atoms with E-state index < -0.39 is 0 Å². The third-order valence-corrected chi connectivity index (χ3v) is 3.81. The molecule has 2 heteroatoms. The maximum Gasteiger partial charge on any atom is 0.0275 e. The fourth-order valence-corrected chi connectivity index (χ4v) is 1.34. The molecule has 0 saturated carbocycles. The lowest BCUT2D eigenvalue weighted by molar-refractivity contribution is 0.243. The summed E-state index contributed by atoms with van der Waals surface area (Å²) >= 11 is 0. The Bertz CT molecular complexity index is 166. The summed E-state index contributed by atoms with van der Waals surface area (Å²) in [6, 6.07) is 0. The highest BCUT2D eigenvalue weighted by molar-refractivity contribution is 4.84. The fraction of sp³-hybridized carbons (Fsp3) is 1.00. The smallest absolute Gasteiger partial charge is 0.0275 e. The zero-order valence-corrected chi connectivity index (χ0v) is 11.5. The topological polar surface area (TPSA) is 38.0 Å². The molecular weight excluding hydrogens is 184 g/mol. The van der Waals surface area contributed by atoms with Crippen molar-refractivity contribution in [3.05, 3.63) is 0 Å². The van der Waals surface area contributed by atoms with Crippen molar-refractivity contribution in [2.45, 2.75) is 59.9 Å². The van der Waals surface area contributed by atoms with Gasteiger partial charge < -0.3 is 11.1 Å². The average molecular weight is 214 g/mol. The highest BCUT2D eigenvalue weighted by Crippen LogP contribution is 2.24. The summed E-state index contributed by atoms with van der Waals surface area (Å²) in [4.78, 5) is 0. The summed E-state index contributed by atoms with van der Waals surface area (Å²) in [7, 11) is 0. The first-order chi connectivity index (χ1) is 6.75. The maximum absolute atomic E-state index is 6.23. The third kappa shape index (κ3) is 5.53. The van der Waals surface area contributed by atoms with Gasteiger partial charge in [0.25, 0.3) is 0 Å². The quantitative estimate of drug-likeness (QED) is 0.713. The summed E-state index contributed by atoms with van der Waals surface area (Å²) in [5.41, 5.74) is 6.59. The third-order valence-electron chi connectivity index (χ3n) is 3.81. The molecule has 2 nitrogen and oxygen atoms in total. The monoisotopic (exact) mass is 214 g/mol. The van der Waals surface area contributed by atoms with Crippen molar-refractivity contribution in [2.24, 2.45) is 17.1 Å². The number of nitrogens with one attached hydrogen (secondary N) is 1. The van der Waals surface area contributed by atoms with E-state index in [-0.39, 0.29) is 5.54 Å². The highest BCUT2D eigenvalue weighted by Gasteiger charge is 2.22. The van der Waals surface area contributed by atoms with Crippen LogP contribution in [0.5, 0.6) is 0 Å². The molecule has 0 rings (SSSR count). The lowest BCUT2D eigenvalue weighted by atomic mass is 9.82. The van der Waals surface area contributed by atoms with E-state index in [9.17, 15) is 0 Å². The van der Waals surface area contributed by atoms with E-state index in [1.165, 1.54) is 0 Å². The Kier molecular flexibility index (Phi) is 5.82. The Hall–Kier alpha value is -0.0800. The minimum atomic E-state index is -0.0163. The van der Waals surface area contributed by atoms with E-state index >= 15 is 0 Å². The lowest BCUT2D eigenvalue weighted by Gasteiger charge is -2.31. The van der Waals surface area contributed by atoms with Crippen LogP contribution in [0.15, 0.2) is 0 Å². The van der Waals surface area contributed by atoms with Gasteiger partial charge in [-0.1, -0.05) is 41.5 Å². The molecule has 0 aliphatic heterocycles. The molecule has 1 unspecified atom stereocenters. The van der Waals surface area contributed by atoms with Gasteiger partial charge in [-0.05, 0) is 30.7 Å².